The van der Waals surface area contributed by atoms with Crippen LogP contribution in [0.25, 0.3) is 0 Å². The van der Waals surface area contributed by atoms with E-state index in [2.05, 4.69) is 18.0 Å². The molecule has 1 heterocycles. The standard InChI is InChI=1S/C9H12N2/c1-6-2-3-11-9-5-7(10)4-8(6)9/h2-3,7H,4-5,10H2,1H3. The molecule has 2 heteroatoms. The van der Waals surface area contributed by atoms with Crippen LogP contribution >= 0.6 is 0 Å². The lowest BCUT2D eigenvalue weighted by Crippen LogP contribution is -2.19. The summed E-state index contributed by atoms with van der Waals surface area (Å²) in [7, 11) is 0. The Labute approximate surface area is 66.4 Å². The second-order valence-electron chi connectivity index (χ2n) is 3.22. The minimum atomic E-state index is 0.304. The molecule has 0 fully saturated rings. The fraction of sp³-hybridized carbons (Fsp3) is 0.444. The first kappa shape index (κ1) is 6.80. The smallest absolute Gasteiger partial charge is 0.0454 e. The van der Waals surface area contributed by atoms with E-state index in [0.717, 1.165) is 12.8 Å². The molecule has 2 N–H and O–H groups in total. The third-order valence-corrected chi connectivity index (χ3v) is 2.30. The molecule has 0 aromatic carbocycles. The van der Waals surface area contributed by atoms with Crippen molar-refractivity contribution in [3.8, 4) is 0 Å². The van der Waals surface area contributed by atoms with Crippen LogP contribution in [-0.4, -0.2) is 11.0 Å². The zero-order valence-electron chi connectivity index (χ0n) is 6.67. The van der Waals surface area contributed by atoms with Crippen molar-refractivity contribution in [3.05, 3.63) is 29.1 Å². The van der Waals surface area contributed by atoms with E-state index in [1.54, 1.807) is 0 Å². The number of hydrogen-bond acceptors (Lipinski definition) is 2. The molecule has 2 nitrogen and oxygen atoms in total. The maximum atomic E-state index is 5.81. The number of rotatable bonds is 0. The highest BCUT2D eigenvalue weighted by molar-refractivity contribution is 5.34. The lowest BCUT2D eigenvalue weighted by molar-refractivity contribution is 0.715. The number of aromatic nitrogens is 1. The van der Waals surface area contributed by atoms with Gasteiger partial charge in [-0.05, 0) is 30.5 Å². The Balaban J connectivity index is 2.49. The SMILES string of the molecule is Cc1ccnc2c1CC(N)C2. The van der Waals surface area contributed by atoms with Gasteiger partial charge < -0.3 is 5.73 Å². The Morgan fingerprint density at radius 3 is 3.09 bits per heavy atom. The summed E-state index contributed by atoms with van der Waals surface area (Å²) in [4.78, 5) is 4.29. The van der Waals surface area contributed by atoms with E-state index in [0.29, 0.717) is 6.04 Å². The van der Waals surface area contributed by atoms with E-state index < -0.39 is 0 Å². The molecular weight excluding hydrogens is 136 g/mol. The predicted molar refractivity (Wildman–Crippen MR) is 44.4 cm³/mol. The van der Waals surface area contributed by atoms with Crippen LogP contribution in [0.5, 0.6) is 0 Å². The van der Waals surface area contributed by atoms with Gasteiger partial charge in [0.1, 0.15) is 0 Å². The summed E-state index contributed by atoms with van der Waals surface area (Å²) in [6.07, 6.45) is 3.83. The van der Waals surface area contributed by atoms with Crippen LogP contribution in [0.2, 0.25) is 0 Å². The number of hydrogen-bond donors (Lipinski definition) is 1. The van der Waals surface area contributed by atoms with Crippen molar-refractivity contribution in [1.82, 2.24) is 4.98 Å². The van der Waals surface area contributed by atoms with Crippen molar-refractivity contribution < 1.29 is 0 Å². The van der Waals surface area contributed by atoms with Crippen molar-refractivity contribution >= 4 is 0 Å². The van der Waals surface area contributed by atoms with Crippen LogP contribution in [0.1, 0.15) is 16.8 Å². The highest BCUT2D eigenvalue weighted by Gasteiger charge is 2.19. The van der Waals surface area contributed by atoms with E-state index >= 15 is 0 Å². The van der Waals surface area contributed by atoms with Crippen molar-refractivity contribution in [2.45, 2.75) is 25.8 Å². The highest BCUT2D eigenvalue weighted by Crippen LogP contribution is 2.21. The Hall–Kier alpha value is -0.890. The molecule has 0 aliphatic heterocycles. The largest absolute Gasteiger partial charge is 0.327 e. The van der Waals surface area contributed by atoms with Crippen molar-refractivity contribution in [2.75, 3.05) is 0 Å². The molecule has 2 rings (SSSR count). The molecule has 1 aromatic heterocycles. The minimum absolute atomic E-state index is 0.304. The van der Waals surface area contributed by atoms with Gasteiger partial charge in [0.2, 0.25) is 0 Å². The minimum Gasteiger partial charge on any atom is -0.327 e. The summed E-state index contributed by atoms with van der Waals surface area (Å²) in [6, 6.07) is 2.36. The van der Waals surface area contributed by atoms with Gasteiger partial charge >= 0.3 is 0 Å². The summed E-state index contributed by atoms with van der Waals surface area (Å²) in [6.45, 7) is 2.12. The first-order valence-electron chi connectivity index (χ1n) is 3.96. The Kier molecular flexibility index (Phi) is 1.43. The maximum absolute atomic E-state index is 5.81. The van der Waals surface area contributed by atoms with Gasteiger partial charge in [0.05, 0.1) is 0 Å². The molecule has 0 bridgehead atoms. The molecule has 1 aliphatic rings. The lowest BCUT2D eigenvalue weighted by Gasteiger charge is -1.99. The van der Waals surface area contributed by atoms with Gasteiger partial charge in [-0.2, -0.15) is 0 Å². The number of aryl methyl sites for hydroxylation is 1. The molecule has 58 valence electrons. The first-order valence-corrected chi connectivity index (χ1v) is 3.96. The molecule has 0 spiro atoms. The highest BCUT2D eigenvalue weighted by atomic mass is 14.7. The van der Waals surface area contributed by atoms with E-state index in [1.807, 2.05) is 6.20 Å². The summed E-state index contributed by atoms with van der Waals surface area (Å²) < 4.78 is 0. The lowest BCUT2D eigenvalue weighted by atomic mass is 10.1. The van der Waals surface area contributed by atoms with E-state index in [4.69, 9.17) is 5.73 Å². The average Bonchev–Trinajstić information content (AvgIpc) is 2.31. The number of fused-ring (bicyclic) bond motifs is 1. The molecule has 0 amide bonds. The van der Waals surface area contributed by atoms with Gasteiger partial charge in [0.25, 0.3) is 0 Å². The molecule has 1 unspecified atom stereocenters. The van der Waals surface area contributed by atoms with E-state index in [-0.39, 0.29) is 0 Å². The maximum Gasteiger partial charge on any atom is 0.0454 e. The van der Waals surface area contributed by atoms with Gasteiger partial charge in [-0.1, -0.05) is 0 Å². The number of nitrogens with two attached hydrogens (primary N) is 1. The molecule has 11 heavy (non-hydrogen) atoms. The summed E-state index contributed by atoms with van der Waals surface area (Å²) in [5.41, 5.74) is 9.73. The zero-order chi connectivity index (χ0) is 7.84. The Morgan fingerprint density at radius 1 is 1.55 bits per heavy atom. The Bertz CT molecular complexity index is 281. The van der Waals surface area contributed by atoms with Gasteiger partial charge in [0, 0.05) is 24.4 Å². The first-order chi connectivity index (χ1) is 5.27. The zero-order valence-corrected chi connectivity index (χ0v) is 6.67. The van der Waals surface area contributed by atoms with E-state index in [1.165, 1.54) is 16.8 Å². The number of pyridine rings is 1. The molecule has 1 aromatic rings. The second-order valence-corrected chi connectivity index (χ2v) is 3.22. The van der Waals surface area contributed by atoms with Crippen molar-refractivity contribution in [1.29, 1.82) is 0 Å². The number of nitrogens with zero attached hydrogens (tertiary/aromatic N) is 1. The molecular formula is C9H12N2. The van der Waals surface area contributed by atoms with E-state index in [9.17, 15) is 0 Å². The summed E-state index contributed by atoms with van der Waals surface area (Å²) in [5, 5.41) is 0. The average molecular weight is 148 g/mol. The molecule has 0 saturated carbocycles. The van der Waals surface area contributed by atoms with Gasteiger partial charge in [-0.3, -0.25) is 4.98 Å². The van der Waals surface area contributed by atoms with Crippen LogP contribution in [0.3, 0.4) is 0 Å². The molecule has 0 radical (unpaired) electrons. The quantitative estimate of drug-likeness (QED) is 0.591. The topological polar surface area (TPSA) is 38.9 Å². The van der Waals surface area contributed by atoms with Gasteiger partial charge in [-0.15, -0.1) is 0 Å². The van der Waals surface area contributed by atoms with Gasteiger partial charge in [0.15, 0.2) is 0 Å². The van der Waals surface area contributed by atoms with Crippen LogP contribution in [0.15, 0.2) is 12.3 Å². The monoisotopic (exact) mass is 148 g/mol. The second kappa shape index (κ2) is 2.31. The molecule has 1 aliphatic carbocycles. The fourth-order valence-corrected chi connectivity index (χ4v) is 1.68. The van der Waals surface area contributed by atoms with Crippen LogP contribution in [0, 0.1) is 6.92 Å². The fourth-order valence-electron chi connectivity index (χ4n) is 1.68. The third-order valence-electron chi connectivity index (χ3n) is 2.30. The van der Waals surface area contributed by atoms with Crippen LogP contribution in [-0.2, 0) is 12.8 Å². The predicted octanol–water partition coefficient (Wildman–Crippen LogP) is 0.816. The molecule has 0 saturated heterocycles. The van der Waals surface area contributed by atoms with Crippen molar-refractivity contribution in [2.24, 2.45) is 5.73 Å². The van der Waals surface area contributed by atoms with Gasteiger partial charge in [-0.25, -0.2) is 0 Å². The molecule has 1 atom stereocenters. The normalized spacial score (nSPS) is 21.8. The van der Waals surface area contributed by atoms with Crippen LogP contribution in [0.4, 0.5) is 0 Å². The summed E-state index contributed by atoms with van der Waals surface area (Å²) in [5.74, 6) is 0. The Morgan fingerprint density at radius 2 is 2.36 bits per heavy atom. The van der Waals surface area contributed by atoms with Crippen LogP contribution < -0.4 is 5.73 Å². The third kappa shape index (κ3) is 1.03. The van der Waals surface area contributed by atoms with Crippen molar-refractivity contribution in [3.63, 3.8) is 0 Å². The summed E-state index contributed by atoms with van der Waals surface area (Å²) >= 11 is 0.